The highest BCUT2D eigenvalue weighted by Gasteiger charge is 2.12. The highest BCUT2D eigenvalue weighted by Crippen LogP contribution is 2.18. The van der Waals surface area contributed by atoms with E-state index in [4.69, 9.17) is 4.74 Å². The number of halogens is 1. The Labute approximate surface area is 141 Å². The first kappa shape index (κ1) is 17.9. The molecule has 5 nitrogen and oxygen atoms in total. The maximum atomic E-state index is 12.8. The van der Waals surface area contributed by atoms with Crippen molar-refractivity contribution >= 4 is 16.2 Å². The van der Waals surface area contributed by atoms with Crippen molar-refractivity contribution in [1.29, 1.82) is 0 Å². The molecule has 2 rings (SSSR count). The molecule has 0 aliphatic heterocycles. The first-order valence-corrected chi connectivity index (χ1v) is 8.74. The predicted molar refractivity (Wildman–Crippen MR) is 91.1 cm³/mol. The fraction of sp³-hybridized carbons (Fsp3) is 0.235. The third-order valence-electron chi connectivity index (χ3n) is 2.81. The van der Waals surface area contributed by atoms with E-state index in [2.05, 4.69) is 9.93 Å². The molecule has 0 amide bonds. The first-order valence-electron chi connectivity index (χ1n) is 7.25. The lowest BCUT2D eigenvalue weighted by Gasteiger charge is -2.21. The van der Waals surface area contributed by atoms with E-state index in [1.807, 2.05) is 20.8 Å². The summed E-state index contributed by atoms with van der Waals surface area (Å²) in [5, 5.41) is 3.72. The van der Waals surface area contributed by atoms with Crippen LogP contribution in [0, 0.1) is 5.82 Å². The van der Waals surface area contributed by atoms with Crippen LogP contribution in [0.15, 0.2) is 58.5 Å². The van der Waals surface area contributed by atoms with Gasteiger partial charge in [0.25, 0.3) is 10.0 Å². The van der Waals surface area contributed by atoms with Crippen LogP contribution >= 0.6 is 0 Å². The normalized spacial score (nSPS) is 12.3. The summed E-state index contributed by atoms with van der Waals surface area (Å²) >= 11 is 0. The van der Waals surface area contributed by atoms with E-state index in [9.17, 15) is 12.8 Å². The molecule has 0 heterocycles. The monoisotopic (exact) mass is 350 g/mol. The number of nitrogens with zero attached hydrogens (tertiary/aromatic N) is 1. The standard InChI is InChI=1S/C17H19FN2O3S/c1-17(2,3)23-15-8-4-13(5-9-15)12-19-20-24(21,22)16-10-6-14(18)7-11-16/h4-12,20H,1-3H3/b19-12+. The van der Waals surface area contributed by atoms with E-state index in [0.717, 1.165) is 12.1 Å². The Balaban J connectivity index is 2.02. The van der Waals surface area contributed by atoms with Crippen LogP contribution in [0.2, 0.25) is 0 Å². The highest BCUT2D eigenvalue weighted by molar-refractivity contribution is 7.89. The Bertz CT molecular complexity index is 808. The van der Waals surface area contributed by atoms with Crippen molar-refractivity contribution in [3.8, 4) is 5.75 Å². The number of benzene rings is 2. The molecule has 0 fully saturated rings. The van der Waals surface area contributed by atoms with Gasteiger partial charge in [0, 0.05) is 0 Å². The third-order valence-corrected chi connectivity index (χ3v) is 4.05. The van der Waals surface area contributed by atoms with Gasteiger partial charge < -0.3 is 4.74 Å². The summed E-state index contributed by atoms with van der Waals surface area (Å²) in [5.41, 5.74) is 0.415. The number of hydrogen-bond acceptors (Lipinski definition) is 4. The van der Waals surface area contributed by atoms with Gasteiger partial charge in [0.05, 0.1) is 11.1 Å². The van der Waals surface area contributed by atoms with Gasteiger partial charge in [0.15, 0.2) is 0 Å². The SMILES string of the molecule is CC(C)(C)Oc1ccc(/C=N/NS(=O)(=O)c2ccc(F)cc2)cc1. The Kier molecular flexibility index (Phi) is 5.23. The second kappa shape index (κ2) is 7.00. The summed E-state index contributed by atoms with van der Waals surface area (Å²) in [6.45, 7) is 5.85. The average Bonchev–Trinajstić information content (AvgIpc) is 2.48. The summed E-state index contributed by atoms with van der Waals surface area (Å²) in [6, 6.07) is 11.6. The largest absolute Gasteiger partial charge is 0.488 e. The van der Waals surface area contributed by atoms with Gasteiger partial charge >= 0.3 is 0 Å². The molecule has 0 radical (unpaired) electrons. The molecule has 0 saturated carbocycles. The first-order chi connectivity index (χ1) is 11.2. The maximum Gasteiger partial charge on any atom is 0.276 e. The van der Waals surface area contributed by atoms with E-state index < -0.39 is 15.8 Å². The van der Waals surface area contributed by atoms with E-state index in [1.54, 1.807) is 24.3 Å². The lowest BCUT2D eigenvalue weighted by atomic mass is 10.2. The van der Waals surface area contributed by atoms with Gasteiger partial charge in [-0.25, -0.2) is 9.22 Å². The van der Waals surface area contributed by atoms with E-state index in [0.29, 0.717) is 11.3 Å². The van der Waals surface area contributed by atoms with Gasteiger partial charge in [-0.3, -0.25) is 0 Å². The van der Waals surface area contributed by atoms with Crippen LogP contribution in [0.4, 0.5) is 4.39 Å². The molecule has 128 valence electrons. The van der Waals surface area contributed by atoms with Gasteiger partial charge in [-0.2, -0.15) is 13.5 Å². The lowest BCUT2D eigenvalue weighted by Crippen LogP contribution is -2.22. The second-order valence-corrected chi connectivity index (χ2v) is 7.75. The van der Waals surface area contributed by atoms with Crippen molar-refractivity contribution in [2.75, 3.05) is 0 Å². The molecule has 0 aliphatic carbocycles. The molecule has 0 spiro atoms. The molecular formula is C17H19FN2O3S. The Morgan fingerprint density at radius 1 is 1.04 bits per heavy atom. The lowest BCUT2D eigenvalue weighted by molar-refractivity contribution is 0.131. The van der Waals surface area contributed by atoms with E-state index >= 15 is 0 Å². The summed E-state index contributed by atoms with van der Waals surface area (Å²) in [5.74, 6) is 0.210. The molecule has 0 saturated heterocycles. The quantitative estimate of drug-likeness (QED) is 0.664. The number of sulfonamides is 1. The molecule has 0 aromatic heterocycles. The van der Waals surface area contributed by atoms with Gasteiger partial charge in [-0.05, 0) is 74.9 Å². The predicted octanol–water partition coefficient (Wildman–Crippen LogP) is 3.32. The van der Waals surface area contributed by atoms with Crippen molar-refractivity contribution in [2.24, 2.45) is 5.10 Å². The smallest absolute Gasteiger partial charge is 0.276 e. The van der Waals surface area contributed by atoms with Crippen LogP contribution < -0.4 is 9.57 Å². The molecule has 0 bridgehead atoms. The Hall–Kier alpha value is -2.41. The van der Waals surface area contributed by atoms with Crippen LogP contribution in [0.25, 0.3) is 0 Å². The number of rotatable bonds is 5. The van der Waals surface area contributed by atoms with E-state index in [-0.39, 0.29) is 10.5 Å². The topological polar surface area (TPSA) is 67.8 Å². The van der Waals surface area contributed by atoms with Gasteiger partial charge in [-0.15, -0.1) is 0 Å². The molecule has 0 aliphatic rings. The van der Waals surface area contributed by atoms with Crippen molar-refractivity contribution in [3.63, 3.8) is 0 Å². The number of ether oxygens (including phenoxy) is 1. The molecule has 7 heteroatoms. The number of hydrazone groups is 1. The third kappa shape index (κ3) is 5.34. The fourth-order valence-corrected chi connectivity index (χ4v) is 2.60. The Morgan fingerprint density at radius 2 is 1.62 bits per heavy atom. The highest BCUT2D eigenvalue weighted by atomic mass is 32.2. The number of hydrogen-bond donors (Lipinski definition) is 1. The maximum absolute atomic E-state index is 12.8. The zero-order valence-electron chi connectivity index (χ0n) is 13.7. The minimum atomic E-state index is -3.82. The van der Waals surface area contributed by atoms with Crippen LogP contribution in [0.1, 0.15) is 26.3 Å². The van der Waals surface area contributed by atoms with Crippen molar-refractivity contribution in [3.05, 3.63) is 59.9 Å². The molecular weight excluding hydrogens is 331 g/mol. The zero-order valence-corrected chi connectivity index (χ0v) is 14.5. The second-order valence-electron chi connectivity index (χ2n) is 6.09. The fourth-order valence-electron chi connectivity index (χ4n) is 1.81. The van der Waals surface area contributed by atoms with Gasteiger partial charge in [-0.1, -0.05) is 0 Å². The van der Waals surface area contributed by atoms with Crippen LogP contribution in [-0.2, 0) is 10.0 Å². The van der Waals surface area contributed by atoms with Crippen molar-refractivity contribution in [2.45, 2.75) is 31.3 Å². The van der Waals surface area contributed by atoms with Crippen molar-refractivity contribution < 1.29 is 17.5 Å². The van der Waals surface area contributed by atoms with E-state index in [1.165, 1.54) is 18.3 Å². The summed E-state index contributed by atoms with van der Waals surface area (Å²) in [7, 11) is -3.82. The van der Waals surface area contributed by atoms with Crippen LogP contribution in [0.5, 0.6) is 5.75 Å². The minimum absolute atomic E-state index is 0.0602. The summed E-state index contributed by atoms with van der Waals surface area (Å²) in [4.78, 5) is 2.02. The molecule has 0 atom stereocenters. The molecule has 1 N–H and O–H groups in total. The number of nitrogens with one attached hydrogen (secondary N) is 1. The van der Waals surface area contributed by atoms with Crippen molar-refractivity contribution in [1.82, 2.24) is 4.83 Å². The van der Waals surface area contributed by atoms with Gasteiger partial charge in [0.2, 0.25) is 0 Å². The summed E-state index contributed by atoms with van der Waals surface area (Å²) in [6.07, 6.45) is 1.38. The molecule has 2 aromatic rings. The zero-order chi connectivity index (χ0) is 17.8. The Morgan fingerprint density at radius 3 is 2.17 bits per heavy atom. The molecule has 0 unspecified atom stereocenters. The van der Waals surface area contributed by atoms with Crippen LogP contribution in [-0.4, -0.2) is 20.2 Å². The average molecular weight is 350 g/mol. The van der Waals surface area contributed by atoms with Crippen LogP contribution in [0.3, 0.4) is 0 Å². The molecule has 2 aromatic carbocycles. The molecule has 24 heavy (non-hydrogen) atoms. The summed E-state index contributed by atoms with van der Waals surface area (Å²) < 4.78 is 42.5. The minimum Gasteiger partial charge on any atom is -0.488 e. The van der Waals surface area contributed by atoms with Gasteiger partial charge in [0.1, 0.15) is 17.2 Å².